The number of aliphatic hydroxyl groups excluding tert-OH is 2. The summed E-state index contributed by atoms with van der Waals surface area (Å²) in [6.07, 6.45) is -7.29. The summed E-state index contributed by atoms with van der Waals surface area (Å²) >= 11 is 4.81. The first kappa shape index (κ1) is 30.0. The molecular formula is C19H23F2N12O7PS2. The van der Waals surface area contributed by atoms with E-state index >= 15 is 8.78 Å². The lowest BCUT2D eigenvalue weighted by atomic mass is 9.97. The summed E-state index contributed by atoms with van der Waals surface area (Å²) in [4.78, 5) is 26.2. The molecular weight excluding hydrogens is 641 g/mol. The maximum Gasteiger partial charge on any atom is 0.386 e. The molecule has 2 saturated heterocycles. The van der Waals surface area contributed by atoms with Crippen LogP contribution in [0.5, 0.6) is 0 Å². The van der Waals surface area contributed by atoms with Crippen molar-refractivity contribution in [2.45, 2.75) is 53.9 Å². The standard InChI is InChI=1S/C19H23F2N12O7PS2/c1-19(21)6(2-34)43-17(33-14-9(29-31-33)15(36)27-18(23)26-14)11(19)40-41(37,42)38-3-5-10(35)7(20)16(39-5)32-13-8(28-30-32)12(22)24-4-25-13/h4-7,10-11,16-17,34-35H,2-3H2,1H3,(H,37,42)(H2,22,24,25)(H3,23,26,27,36)/t5-,6-,7+,10-,11+,16-,17-,19-,41?/m1/s1. The van der Waals surface area contributed by atoms with Crippen molar-refractivity contribution in [2.24, 2.45) is 0 Å². The van der Waals surface area contributed by atoms with Crippen molar-refractivity contribution in [2.75, 3.05) is 24.7 Å². The number of ether oxygens (including phenoxy) is 1. The average Bonchev–Trinajstić information content (AvgIpc) is 3.68. The summed E-state index contributed by atoms with van der Waals surface area (Å²) < 4.78 is 63.0. The largest absolute Gasteiger partial charge is 0.395 e. The normalized spacial score (nSPS) is 32.6. The number of aromatic nitrogens is 10. The number of rotatable bonds is 8. The van der Waals surface area contributed by atoms with Crippen molar-refractivity contribution < 1.29 is 37.3 Å². The number of alkyl halides is 2. The first-order valence-corrected chi connectivity index (χ1v) is 16.0. The lowest BCUT2D eigenvalue weighted by Crippen LogP contribution is -2.43. The molecule has 0 saturated carbocycles. The van der Waals surface area contributed by atoms with E-state index in [4.69, 9.17) is 25.3 Å². The van der Waals surface area contributed by atoms with Crippen molar-refractivity contribution in [3.05, 3.63) is 16.7 Å². The molecule has 0 radical (unpaired) electrons. The van der Waals surface area contributed by atoms with Crippen LogP contribution in [0.2, 0.25) is 0 Å². The Labute approximate surface area is 247 Å². The van der Waals surface area contributed by atoms with Crippen LogP contribution in [0.15, 0.2) is 11.1 Å². The van der Waals surface area contributed by atoms with Gasteiger partial charge in [0.15, 0.2) is 46.2 Å². The first-order valence-electron chi connectivity index (χ1n) is 12.3. The molecule has 2 fully saturated rings. The molecule has 0 spiro atoms. The lowest BCUT2D eigenvalue weighted by Gasteiger charge is -2.30. The number of nitrogens with one attached hydrogen (secondary N) is 1. The zero-order valence-electron chi connectivity index (χ0n) is 21.7. The smallest absolute Gasteiger partial charge is 0.386 e. The van der Waals surface area contributed by atoms with Gasteiger partial charge < -0.3 is 26.4 Å². The second-order valence-electron chi connectivity index (χ2n) is 9.76. The second-order valence-corrected chi connectivity index (χ2v) is 14.0. The molecule has 7 N–H and O–H groups in total. The summed E-state index contributed by atoms with van der Waals surface area (Å²) in [7, 11) is 0. The maximum atomic E-state index is 16.1. The summed E-state index contributed by atoms with van der Waals surface area (Å²) in [5.41, 5.74) is 8.13. The molecule has 1 unspecified atom stereocenters. The number of thiol groups is 1. The number of thioether (sulfide) groups is 1. The van der Waals surface area contributed by atoms with Gasteiger partial charge in [-0.3, -0.25) is 18.8 Å². The number of fused-ring (bicyclic) bond motifs is 2. The summed E-state index contributed by atoms with van der Waals surface area (Å²) in [6.45, 7) is -4.76. The number of halogens is 2. The number of nitrogens with two attached hydrogens (primary N) is 2. The molecule has 0 bridgehead atoms. The van der Waals surface area contributed by atoms with Crippen molar-refractivity contribution in [3.63, 3.8) is 0 Å². The van der Waals surface area contributed by atoms with Crippen LogP contribution in [0.25, 0.3) is 22.3 Å². The molecule has 0 aromatic carbocycles. The van der Waals surface area contributed by atoms with Gasteiger partial charge in [-0.15, -0.1) is 22.0 Å². The molecule has 6 heterocycles. The van der Waals surface area contributed by atoms with E-state index < -0.39 is 72.6 Å². The number of H-pyrrole nitrogens is 1. The number of aromatic amines is 1. The number of nitrogen functional groups attached to an aromatic ring is 2. The summed E-state index contributed by atoms with van der Waals surface area (Å²) in [5, 5.41) is 33.3. The van der Waals surface area contributed by atoms with Crippen molar-refractivity contribution in [1.29, 1.82) is 0 Å². The average molecular weight is 665 g/mol. The van der Waals surface area contributed by atoms with Gasteiger partial charge in [-0.25, -0.2) is 28.0 Å². The third-order valence-corrected chi connectivity index (χ3v) is 10.2. The predicted molar refractivity (Wildman–Crippen MR) is 147 cm³/mol. The molecule has 0 amide bonds. The number of anilines is 2. The van der Waals surface area contributed by atoms with Gasteiger partial charge in [0, 0.05) is 0 Å². The molecule has 19 nitrogen and oxygen atoms in total. The fraction of sp³-hybridized carbons (Fsp3) is 0.579. The Morgan fingerprint density at radius 3 is 2.72 bits per heavy atom. The van der Waals surface area contributed by atoms with Gasteiger partial charge in [-0.2, -0.15) is 9.67 Å². The Kier molecular flexibility index (Phi) is 7.56. The van der Waals surface area contributed by atoms with E-state index in [9.17, 15) is 19.6 Å². The van der Waals surface area contributed by atoms with Crippen molar-refractivity contribution in [1.82, 2.24) is 49.9 Å². The van der Waals surface area contributed by atoms with Gasteiger partial charge in [0.1, 0.15) is 30.0 Å². The van der Waals surface area contributed by atoms with Crippen LogP contribution in [-0.2, 0) is 18.3 Å². The minimum Gasteiger partial charge on any atom is -0.395 e. The molecule has 4 aromatic heterocycles. The van der Waals surface area contributed by atoms with Gasteiger partial charge in [0.25, 0.3) is 5.56 Å². The second kappa shape index (κ2) is 10.8. The molecule has 0 aliphatic carbocycles. The minimum absolute atomic E-state index is 0.00475. The number of hydrogen-bond acceptors (Lipinski definition) is 17. The fourth-order valence-electron chi connectivity index (χ4n) is 4.76. The van der Waals surface area contributed by atoms with E-state index in [1.807, 2.05) is 0 Å². The number of hydrogen-bond donors (Lipinski definition) is 6. The highest BCUT2D eigenvalue weighted by Crippen LogP contribution is 2.61. The SMILES string of the molecule is C[C@@]1(F)[C@@H](CO)S[C@@H](n2nnc3c(=O)[nH]c(N)nc32)[C@@H]1OP(=O)(S)OC[C@H]1O[C@@H](n2nnc3c(N)ncnc32)[C@@H](F)[C@@H]1O. The highest BCUT2D eigenvalue weighted by Gasteiger charge is 2.58. The fourth-order valence-corrected chi connectivity index (χ4v) is 7.90. The molecule has 24 heteroatoms. The Morgan fingerprint density at radius 2 is 1.98 bits per heavy atom. The van der Waals surface area contributed by atoms with Gasteiger partial charge >= 0.3 is 6.80 Å². The van der Waals surface area contributed by atoms with Crippen molar-refractivity contribution in [3.8, 4) is 0 Å². The molecule has 9 atom stereocenters. The van der Waals surface area contributed by atoms with Gasteiger partial charge in [0.05, 0.1) is 18.5 Å². The van der Waals surface area contributed by atoms with E-state index in [1.54, 1.807) is 0 Å². The Balaban J connectivity index is 1.21. The van der Waals surface area contributed by atoms with Crippen molar-refractivity contribution >= 4 is 64.9 Å². The molecule has 2 aliphatic heterocycles. The monoisotopic (exact) mass is 664 g/mol. The highest BCUT2D eigenvalue weighted by molar-refractivity contribution is 8.44. The van der Waals surface area contributed by atoms with E-state index in [-0.39, 0.29) is 34.1 Å². The van der Waals surface area contributed by atoms with Gasteiger partial charge in [-0.1, -0.05) is 22.7 Å². The van der Waals surface area contributed by atoms with Crippen LogP contribution in [0.1, 0.15) is 18.5 Å². The predicted octanol–water partition coefficient (Wildman–Crippen LogP) is -0.715. The van der Waals surface area contributed by atoms with Gasteiger partial charge in [-0.05, 0) is 6.92 Å². The summed E-state index contributed by atoms with van der Waals surface area (Å²) in [6, 6.07) is 0. The first-order chi connectivity index (χ1) is 20.3. The zero-order chi connectivity index (χ0) is 30.8. The zero-order valence-corrected chi connectivity index (χ0v) is 24.3. The Morgan fingerprint density at radius 1 is 1.26 bits per heavy atom. The van der Waals surface area contributed by atoms with Crippen LogP contribution in [0.3, 0.4) is 0 Å². The minimum atomic E-state index is -4.50. The molecule has 232 valence electrons. The Hall–Kier alpha value is -3.05. The molecule has 2 aliphatic rings. The Bertz CT molecular complexity index is 1790. The van der Waals surface area contributed by atoms with Crippen LogP contribution in [0.4, 0.5) is 20.5 Å². The third-order valence-electron chi connectivity index (χ3n) is 6.98. The van der Waals surface area contributed by atoms with Crippen LogP contribution in [0, 0.1) is 0 Å². The van der Waals surface area contributed by atoms with Crippen LogP contribution < -0.4 is 17.0 Å². The third kappa shape index (κ3) is 5.12. The maximum absolute atomic E-state index is 16.1. The van der Waals surface area contributed by atoms with E-state index in [1.165, 1.54) is 0 Å². The number of aliphatic hydroxyl groups is 2. The topological polar surface area (TPSA) is 270 Å². The van der Waals surface area contributed by atoms with E-state index in [2.05, 4.69) is 52.8 Å². The molecule has 4 aromatic rings. The molecule has 6 rings (SSSR count). The van der Waals surface area contributed by atoms with Crippen LogP contribution in [-0.4, -0.2) is 109 Å². The highest BCUT2D eigenvalue weighted by atomic mass is 32.7. The van der Waals surface area contributed by atoms with E-state index in [0.29, 0.717) is 0 Å². The quantitative estimate of drug-likeness (QED) is 0.100. The molecule has 43 heavy (non-hydrogen) atoms. The summed E-state index contributed by atoms with van der Waals surface area (Å²) in [5.74, 6) is -0.268. The number of nitrogens with zero attached hydrogens (tertiary/aromatic N) is 9. The lowest BCUT2D eigenvalue weighted by molar-refractivity contribution is -0.0517. The van der Waals surface area contributed by atoms with E-state index in [0.717, 1.165) is 34.4 Å². The van der Waals surface area contributed by atoms with Crippen LogP contribution >= 0.6 is 30.8 Å². The van der Waals surface area contributed by atoms with Gasteiger partial charge in [0.2, 0.25) is 5.95 Å².